The highest BCUT2D eigenvalue weighted by Crippen LogP contribution is 2.36. The predicted octanol–water partition coefficient (Wildman–Crippen LogP) is 3.16. The van der Waals surface area contributed by atoms with Crippen molar-refractivity contribution < 1.29 is 22.7 Å². The van der Waals surface area contributed by atoms with E-state index >= 15 is 0 Å². The fraction of sp³-hybridized carbons (Fsp3) is 0.273. The molecule has 0 aliphatic carbocycles. The van der Waals surface area contributed by atoms with Crippen molar-refractivity contribution in [2.24, 2.45) is 0 Å². The van der Waals surface area contributed by atoms with Crippen molar-refractivity contribution in [1.82, 2.24) is 0 Å². The van der Waals surface area contributed by atoms with Gasteiger partial charge in [0.2, 0.25) is 0 Å². The van der Waals surface area contributed by atoms with Gasteiger partial charge in [-0.05, 0) is 12.1 Å². The average Bonchev–Trinajstić information content (AvgIpc) is 2.34. The molecule has 0 fully saturated rings. The maximum Gasteiger partial charge on any atom is 0.417 e. The molecule has 0 aromatic heterocycles. The van der Waals surface area contributed by atoms with Crippen LogP contribution in [0.2, 0.25) is 0 Å². The number of nitriles is 1. The third-order valence-corrected chi connectivity index (χ3v) is 2.70. The number of nitrogens with zero attached hydrogens (tertiary/aromatic N) is 1. The second-order valence-electron chi connectivity index (χ2n) is 3.26. The Morgan fingerprint density at radius 1 is 1.50 bits per heavy atom. The summed E-state index contributed by atoms with van der Waals surface area (Å²) in [6, 6.07) is 2.98. The number of carbonyl (C=O) groups excluding carboxylic acids is 1. The predicted molar refractivity (Wildman–Crippen MR) is 60.8 cm³/mol. The Balaban J connectivity index is 3.53. The van der Waals surface area contributed by atoms with Gasteiger partial charge in [0, 0.05) is 0 Å². The van der Waals surface area contributed by atoms with E-state index in [2.05, 4.69) is 15.9 Å². The molecular weight excluding hydrogens is 315 g/mol. The molecule has 0 N–H and O–H groups in total. The van der Waals surface area contributed by atoms with Gasteiger partial charge in [-0.1, -0.05) is 15.9 Å². The van der Waals surface area contributed by atoms with Crippen LogP contribution >= 0.6 is 15.9 Å². The Kier molecular flexibility index (Phi) is 4.35. The van der Waals surface area contributed by atoms with Crippen molar-refractivity contribution in [3.8, 4) is 11.8 Å². The average molecular weight is 322 g/mol. The van der Waals surface area contributed by atoms with Gasteiger partial charge >= 0.3 is 6.18 Å². The number of ketones is 1. The lowest BCUT2D eigenvalue weighted by Crippen LogP contribution is -2.11. The van der Waals surface area contributed by atoms with Crippen molar-refractivity contribution >= 4 is 21.7 Å². The Morgan fingerprint density at radius 3 is 2.50 bits per heavy atom. The van der Waals surface area contributed by atoms with Crippen LogP contribution < -0.4 is 4.74 Å². The number of carbonyl (C=O) groups is 1. The van der Waals surface area contributed by atoms with Crippen LogP contribution in [-0.2, 0) is 6.18 Å². The number of benzene rings is 1. The molecule has 18 heavy (non-hydrogen) atoms. The zero-order valence-electron chi connectivity index (χ0n) is 9.14. The first-order chi connectivity index (χ1) is 8.35. The van der Waals surface area contributed by atoms with Gasteiger partial charge in [0.05, 0.1) is 35.2 Å². The quantitative estimate of drug-likeness (QED) is 0.634. The Labute approximate surface area is 109 Å². The molecule has 0 amide bonds. The number of ether oxygens (including phenoxy) is 1. The topological polar surface area (TPSA) is 50.1 Å². The van der Waals surface area contributed by atoms with Crippen LogP contribution in [0.1, 0.15) is 21.5 Å². The Hall–Kier alpha value is -1.55. The van der Waals surface area contributed by atoms with Gasteiger partial charge in [0.25, 0.3) is 0 Å². The van der Waals surface area contributed by atoms with Crippen LogP contribution in [0.4, 0.5) is 13.2 Å². The fourth-order valence-electron chi connectivity index (χ4n) is 1.37. The van der Waals surface area contributed by atoms with E-state index in [4.69, 9.17) is 10.00 Å². The van der Waals surface area contributed by atoms with E-state index in [-0.39, 0.29) is 16.6 Å². The monoisotopic (exact) mass is 321 g/mol. The maximum absolute atomic E-state index is 12.7. The third-order valence-electron chi connectivity index (χ3n) is 2.19. The SMILES string of the molecule is COc1cc(C(F)(F)F)c(C#N)cc1C(=O)CBr. The highest BCUT2D eigenvalue weighted by atomic mass is 79.9. The van der Waals surface area contributed by atoms with E-state index in [0.717, 1.165) is 13.2 Å². The fourth-order valence-corrected chi connectivity index (χ4v) is 1.67. The number of hydrogen-bond acceptors (Lipinski definition) is 3. The second-order valence-corrected chi connectivity index (χ2v) is 3.83. The zero-order valence-corrected chi connectivity index (χ0v) is 10.7. The van der Waals surface area contributed by atoms with E-state index in [1.54, 1.807) is 0 Å². The van der Waals surface area contributed by atoms with Gasteiger partial charge < -0.3 is 4.74 Å². The lowest BCUT2D eigenvalue weighted by atomic mass is 10.0. The summed E-state index contributed by atoms with van der Waals surface area (Å²) in [6.45, 7) is 0. The molecule has 0 unspecified atom stereocenters. The molecule has 7 heteroatoms. The molecule has 0 saturated heterocycles. The van der Waals surface area contributed by atoms with Gasteiger partial charge in [-0.15, -0.1) is 0 Å². The van der Waals surface area contributed by atoms with Crippen molar-refractivity contribution in [3.63, 3.8) is 0 Å². The molecule has 1 aromatic rings. The van der Waals surface area contributed by atoms with Gasteiger partial charge in [0.1, 0.15) is 5.75 Å². The number of rotatable bonds is 3. The minimum Gasteiger partial charge on any atom is -0.496 e. The van der Waals surface area contributed by atoms with E-state index in [9.17, 15) is 18.0 Å². The lowest BCUT2D eigenvalue weighted by molar-refractivity contribution is -0.137. The molecule has 0 saturated carbocycles. The minimum atomic E-state index is -4.67. The van der Waals surface area contributed by atoms with Crippen molar-refractivity contribution in [2.45, 2.75) is 6.18 Å². The summed E-state index contributed by atoms with van der Waals surface area (Å²) in [5, 5.41) is 8.64. The van der Waals surface area contributed by atoms with E-state index in [0.29, 0.717) is 6.07 Å². The molecule has 1 rings (SSSR count). The highest BCUT2D eigenvalue weighted by Gasteiger charge is 2.35. The molecule has 1 aromatic carbocycles. The summed E-state index contributed by atoms with van der Waals surface area (Å²) in [6.07, 6.45) is -4.67. The number of hydrogen-bond donors (Lipinski definition) is 0. The Morgan fingerprint density at radius 2 is 2.11 bits per heavy atom. The minimum absolute atomic E-state index is 0.0566. The van der Waals surface area contributed by atoms with Crippen molar-refractivity contribution in [1.29, 1.82) is 5.26 Å². The number of methoxy groups -OCH3 is 1. The summed E-state index contributed by atoms with van der Waals surface area (Å²) in [5.41, 5.74) is -1.78. The lowest BCUT2D eigenvalue weighted by Gasteiger charge is -2.13. The first kappa shape index (κ1) is 14.5. The van der Waals surface area contributed by atoms with Crippen molar-refractivity contribution in [3.05, 3.63) is 28.8 Å². The van der Waals surface area contributed by atoms with Gasteiger partial charge in [0.15, 0.2) is 5.78 Å². The molecule has 3 nitrogen and oxygen atoms in total. The number of halogens is 4. The first-order valence-electron chi connectivity index (χ1n) is 4.63. The third kappa shape index (κ3) is 2.82. The smallest absolute Gasteiger partial charge is 0.417 e. The van der Waals surface area contributed by atoms with Gasteiger partial charge in [-0.2, -0.15) is 18.4 Å². The standard InChI is InChI=1S/C11H7BrF3NO2/c1-18-10-3-8(11(13,14)15)6(5-16)2-7(10)9(17)4-12/h2-3H,4H2,1H3. The van der Waals surface area contributed by atoms with Crippen LogP contribution in [0, 0.1) is 11.3 Å². The molecule has 0 heterocycles. The number of Topliss-reactive ketones (excluding diaryl/α,β-unsaturated/α-hetero) is 1. The van der Waals surface area contributed by atoms with E-state index < -0.39 is 23.1 Å². The van der Waals surface area contributed by atoms with Gasteiger partial charge in [-0.3, -0.25) is 4.79 Å². The molecule has 0 spiro atoms. The van der Waals surface area contributed by atoms with E-state index in [1.165, 1.54) is 6.07 Å². The first-order valence-corrected chi connectivity index (χ1v) is 5.75. The molecule has 0 bridgehead atoms. The molecule has 0 aliphatic rings. The molecule has 0 radical (unpaired) electrons. The van der Waals surface area contributed by atoms with Crippen LogP contribution in [0.5, 0.6) is 5.75 Å². The van der Waals surface area contributed by atoms with Crippen LogP contribution in [-0.4, -0.2) is 18.2 Å². The normalized spacial score (nSPS) is 10.9. The summed E-state index contributed by atoms with van der Waals surface area (Å²) in [5.74, 6) is -0.664. The molecule has 0 aliphatic heterocycles. The number of alkyl halides is 4. The van der Waals surface area contributed by atoms with Gasteiger partial charge in [-0.25, -0.2) is 0 Å². The highest BCUT2D eigenvalue weighted by molar-refractivity contribution is 9.09. The second kappa shape index (κ2) is 5.40. The summed E-state index contributed by atoms with van der Waals surface area (Å²) >= 11 is 2.91. The summed E-state index contributed by atoms with van der Waals surface area (Å²) in [4.78, 5) is 11.5. The Bertz CT molecular complexity index is 520. The van der Waals surface area contributed by atoms with Crippen molar-refractivity contribution in [2.75, 3.05) is 12.4 Å². The summed E-state index contributed by atoms with van der Waals surface area (Å²) in [7, 11) is 1.16. The maximum atomic E-state index is 12.7. The van der Waals surface area contributed by atoms with Crippen LogP contribution in [0.25, 0.3) is 0 Å². The van der Waals surface area contributed by atoms with Crippen LogP contribution in [0.15, 0.2) is 12.1 Å². The summed E-state index contributed by atoms with van der Waals surface area (Å²) < 4.78 is 42.7. The molecule has 96 valence electrons. The van der Waals surface area contributed by atoms with E-state index in [1.807, 2.05) is 0 Å². The zero-order chi connectivity index (χ0) is 13.9. The largest absolute Gasteiger partial charge is 0.496 e. The molecular formula is C11H7BrF3NO2. The van der Waals surface area contributed by atoms with Crippen LogP contribution in [0.3, 0.4) is 0 Å². The molecule has 0 atom stereocenters.